The van der Waals surface area contributed by atoms with Crippen LogP contribution in [-0.2, 0) is 9.59 Å². The van der Waals surface area contributed by atoms with Crippen LogP contribution < -0.4 is 5.32 Å². The summed E-state index contributed by atoms with van der Waals surface area (Å²) >= 11 is 0. The molecule has 68 valence electrons. The molecule has 12 heavy (non-hydrogen) atoms. The largest absolute Gasteiger partial charge is 0.480 e. The van der Waals surface area contributed by atoms with E-state index in [1.54, 1.807) is 0 Å². The Balaban J connectivity index is 2.64. The van der Waals surface area contributed by atoms with E-state index in [1.807, 2.05) is 0 Å². The number of hydrogen-bond donors (Lipinski definition) is 3. The quantitative estimate of drug-likeness (QED) is 0.446. The third-order valence-electron chi connectivity index (χ3n) is 1.72. The van der Waals surface area contributed by atoms with Gasteiger partial charge < -0.3 is 15.5 Å². The maximum Gasteiger partial charge on any atom is 0.332 e. The van der Waals surface area contributed by atoms with Crippen LogP contribution in [0.1, 0.15) is 0 Å². The minimum absolute atomic E-state index is 0.323. The second kappa shape index (κ2) is 3.51. The minimum atomic E-state index is -1.42. The molecule has 0 bridgehead atoms. The lowest BCUT2D eigenvalue weighted by molar-refractivity contribution is -0.155. The topological polar surface area (TPSA) is 89.9 Å². The van der Waals surface area contributed by atoms with Crippen LogP contribution in [0.3, 0.4) is 0 Å². The molecule has 0 aromatic rings. The molecular weight excluding hydrogens is 164 g/mol. The Morgan fingerprint density at radius 1 is 1.33 bits per heavy atom. The van der Waals surface area contributed by atoms with Crippen molar-refractivity contribution >= 4 is 11.9 Å². The third-order valence-corrected chi connectivity index (χ3v) is 1.72. The van der Waals surface area contributed by atoms with Crippen molar-refractivity contribution < 1.29 is 19.8 Å². The highest BCUT2D eigenvalue weighted by atomic mass is 16.4. The molecule has 6 heteroatoms. The monoisotopic (exact) mass is 174 g/mol. The zero-order chi connectivity index (χ0) is 9.14. The summed E-state index contributed by atoms with van der Waals surface area (Å²) in [5.74, 6) is -2.63. The number of aliphatic carboxylic acids is 2. The molecule has 6 nitrogen and oxygen atoms in total. The molecule has 1 aliphatic rings. The number of rotatable bonds is 3. The van der Waals surface area contributed by atoms with E-state index in [-0.39, 0.29) is 0 Å². The first kappa shape index (κ1) is 8.95. The van der Waals surface area contributed by atoms with Crippen LogP contribution in [0.5, 0.6) is 0 Å². The molecule has 0 saturated carbocycles. The number of hydrogen-bond acceptors (Lipinski definition) is 4. The second-order valence-electron chi connectivity index (χ2n) is 2.55. The van der Waals surface area contributed by atoms with E-state index >= 15 is 0 Å². The number of carbonyl (C=O) groups is 2. The summed E-state index contributed by atoms with van der Waals surface area (Å²) in [5.41, 5.74) is 0. The van der Waals surface area contributed by atoms with E-state index in [0.29, 0.717) is 19.8 Å². The molecule has 1 heterocycles. The summed E-state index contributed by atoms with van der Waals surface area (Å²) in [5, 5.41) is 20.0. The van der Waals surface area contributed by atoms with Crippen molar-refractivity contribution in [3.05, 3.63) is 0 Å². The van der Waals surface area contributed by atoms with Crippen LogP contribution in [0.25, 0.3) is 0 Å². The fraction of sp³-hybridized carbons (Fsp3) is 0.667. The van der Waals surface area contributed by atoms with Crippen LogP contribution in [0.15, 0.2) is 0 Å². The molecule has 3 N–H and O–H groups in total. The van der Waals surface area contributed by atoms with Gasteiger partial charge in [0.05, 0.1) is 0 Å². The summed E-state index contributed by atoms with van der Waals surface area (Å²) in [6.45, 7) is 1.42. The molecule has 0 unspecified atom stereocenters. The van der Waals surface area contributed by atoms with Crippen molar-refractivity contribution in [2.75, 3.05) is 19.8 Å². The molecule has 0 aliphatic carbocycles. The average molecular weight is 174 g/mol. The first-order valence-corrected chi connectivity index (χ1v) is 3.53. The highest BCUT2D eigenvalue weighted by Gasteiger charge is 2.33. The van der Waals surface area contributed by atoms with Crippen LogP contribution >= 0.6 is 0 Å². The van der Waals surface area contributed by atoms with Gasteiger partial charge in [-0.05, 0) is 0 Å². The van der Waals surface area contributed by atoms with Gasteiger partial charge in [0.2, 0.25) is 6.04 Å². The molecule has 1 fully saturated rings. The van der Waals surface area contributed by atoms with E-state index < -0.39 is 18.0 Å². The van der Waals surface area contributed by atoms with Gasteiger partial charge in [-0.3, -0.25) is 4.90 Å². The van der Waals surface area contributed by atoms with Crippen LogP contribution in [0.4, 0.5) is 0 Å². The number of carboxylic acids is 2. The first-order valence-electron chi connectivity index (χ1n) is 3.53. The van der Waals surface area contributed by atoms with Gasteiger partial charge in [0.1, 0.15) is 0 Å². The molecule has 0 amide bonds. The van der Waals surface area contributed by atoms with Gasteiger partial charge in [0.15, 0.2) is 0 Å². The Kier molecular flexibility index (Phi) is 2.61. The van der Waals surface area contributed by atoms with Crippen molar-refractivity contribution in [2.45, 2.75) is 6.04 Å². The Morgan fingerprint density at radius 2 is 1.92 bits per heavy atom. The first-order chi connectivity index (χ1) is 5.63. The summed E-state index contributed by atoms with van der Waals surface area (Å²) in [6.07, 6.45) is 0. The Hall–Kier alpha value is -1.14. The van der Waals surface area contributed by atoms with Crippen molar-refractivity contribution in [1.29, 1.82) is 0 Å². The van der Waals surface area contributed by atoms with Crippen molar-refractivity contribution in [3.8, 4) is 0 Å². The molecule has 0 aromatic heterocycles. The second-order valence-corrected chi connectivity index (χ2v) is 2.55. The Labute approximate surface area is 68.8 Å². The third kappa shape index (κ3) is 1.72. The Bertz CT molecular complexity index is 186. The SMILES string of the molecule is O=C(O)C(C(=O)O)N1CCNC1. The average Bonchev–Trinajstić information content (AvgIpc) is 2.37. The van der Waals surface area contributed by atoms with Gasteiger partial charge >= 0.3 is 11.9 Å². The zero-order valence-corrected chi connectivity index (χ0v) is 6.36. The van der Waals surface area contributed by atoms with Gasteiger partial charge in [-0.1, -0.05) is 0 Å². The van der Waals surface area contributed by atoms with E-state index in [9.17, 15) is 9.59 Å². The molecule has 0 radical (unpaired) electrons. The molecule has 1 saturated heterocycles. The highest BCUT2D eigenvalue weighted by molar-refractivity contribution is 5.97. The maximum atomic E-state index is 10.5. The molecule has 0 spiro atoms. The van der Waals surface area contributed by atoms with E-state index in [4.69, 9.17) is 10.2 Å². The van der Waals surface area contributed by atoms with E-state index in [0.717, 1.165) is 0 Å². The predicted octanol–water partition coefficient (Wildman–Crippen LogP) is -1.61. The van der Waals surface area contributed by atoms with Crippen molar-refractivity contribution in [2.24, 2.45) is 0 Å². The van der Waals surface area contributed by atoms with Gasteiger partial charge in [-0.15, -0.1) is 0 Å². The Morgan fingerprint density at radius 3 is 2.25 bits per heavy atom. The van der Waals surface area contributed by atoms with E-state index in [1.165, 1.54) is 4.90 Å². The molecule has 0 aromatic carbocycles. The van der Waals surface area contributed by atoms with Crippen LogP contribution in [-0.4, -0.2) is 52.9 Å². The summed E-state index contributed by atoms with van der Waals surface area (Å²) < 4.78 is 0. The predicted molar refractivity (Wildman–Crippen MR) is 38.6 cm³/mol. The fourth-order valence-electron chi connectivity index (χ4n) is 1.16. The lowest BCUT2D eigenvalue weighted by Crippen LogP contribution is -2.46. The molecule has 1 rings (SSSR count). The number of carboxylic acid groups (broad SMARTS) is 2. The molecule has 0 atom stereocenters. The zero-order valence-electron chi connectivity index (χ0n) is 6.36. The van der Waals surface area contributed by atoms with Crippen LogP contribution in [0, 0.1) is 0 Å². The highest BCUT2D eigenvalue weighted by Crippen LogP contribution is 2.02. The van der Waals surface area contributed by atoms with E-state index in [2.05, 4.69) is 5.32 Å². The molecular formula is C6H10N2O4. The standard InChI is InChI=1S/C6H10N2O4/c9-5(10)4(6(11)12)8-2-1-7-3-8/h4,7H,1-3H2,(H,9,10)(H,11,12). The van der Waals surface area contributed by atoms with Crippen LogP contribution in [0.2, 0.25) is 0 Å². The lowest BCUT2D eigenvalue weighted by Gasteiger charge is -2.18. The number of nitrogens with zero attached hydrogens (tertiary/aromatic N) is 1. The van der Waals surface area contributed by atoms with Gasteiger partial charge in [0, 0.05) is 19.8 Å². The van der Waals surface area contributed by atoms with Gasteiger partial charge in [-0.25, -0.2) is 9.59 Å². The lowest BCUT2D eigenvalue weighted by atomic mass is 10.3. The van der Waals surface area contributed by atoms with Crippen molar-refractivity contribution in [1.82, 2.24) is 10.2 Å². The fourth-order valence-corrected chi connectivity index (χ4v) is 1.16. The van der Waals surface area contributed by atoms with Gasteiger partial charge in [0.25, 0.3) is 0 Å². The van der Waals surface area contributed by atoms with Crippen molar-refractivity contribution in [3.63, 3.8) is 0 Å². The normalized spacial score (nSPS) is 18.4. The summed E-state index contributed by atoms with van der Waals surface area (Å²) in [7, 11) is 0. The maximum absolute atomic E-state index is 10.5. The summed E-state index contributed by atoms with van der Waals surface area (Å²) in [4.78, 5) is 22.3. The smallest absolute Gasteiger partial charge is 0.332 e. The minimum Gasteiger partial charge on any atom is -0.480 e. The van der Waals surface area contributed by atoms with Gasteiger partial charge in [-0.2, -0.15) is 0 Å². The number of nitrogens with one attached hydrogen (secondary N) is 1. The molecule has 1 aliphatic heterocycles. The summed E-state index contributed by atoms with van der Waals surface area (Å²) in [6, 6.07) is -1.42.